The molecule has 0 aliphatic carbocycles. The molecule has 0 unspecified atom stereocenters. The predicted molar refractivity (Wildman–Crippen MR) is 98.1 cm³/mol. The van der Waals surface area contributed by atoms with Crippen LogP contribution >= 0.6 is 11.6 Å². The minimum absolute atomic E-state index is 0.0404. The Balaban J connectivity index is 1.54. The summed E-state index contributed by atoms with van der Waals surface area (Å²) < 4.78 is 40.7. The topological polar surface area (TPSA) is 81.7 Å². The van der Waals surface area contributed by atoms with Gasteiger partial charge in [0.05, 0.1) is 29.7 Å². The number of hydrogen-bond acceptors (Lipinski definition) is 6. The zero-order valence-electron chi connectivity index (χ0n) is 14.9. The molecule has 29 heavy (non-hydrogen) atoms. The van der Waals surface area contributed by atoms with Gasteiger partial charge in [-0.05, 0) is 25.0 Å². The van der Waals surface area contributed by atoms with Gasteiger partial charge in [-0.2, -0.15) is 23.0 Å². The fourth-order valence-electron chi connectivity index (χ4n) is 3.27. The van der Waals surface area contributed by atoms with E-state index >= 15 is 0 Å². The fraction of sp³-hybridized carbons (Fsp3) is 0.353. The van der Waals surface area contributed by atoms with Gasteiger partial charge in [-0.15, -0.1) is 5.10 Å². The normalized spacial score (nSPS) is 15.7. The van der Waals surface area contributed by atoms with Crippen molar-refractivity contribution in [3.05, 3.63) is 57.9 Å². The van der Waals surface area contributed by atoms with Gasteiger partial charge in [0.15, 0.2) is 5.82 Å². The molecule has 0 atom stereocenters. The molecule has 152 valence electrons. The highest BCUT2D eigenvalue weighted by Gasteiger charge is 2.31. The van der Waals surface area contributed by atoms with Gasteiger partial charge >= 0.3 is 6.18 Å². The molecule has 0 aromatic carbocycles. The van der Waals surface area contributed by atoms with Crippen LogP contribution in [0.3, 0.4) is 0 Å². The Hall–Kier alpha value is -2.95. The second-order valence-corrected chi connectivity index (χ2v) is 6.94. The van der Waals surface area contributed by atoms with Crippen molar-refractivity contribution in [2.45, 2.75) is 25.1 Å². The molecule has 1 aliphatic heterocycles. The molecule has 0 bridgehead atoms. The van der Waals surface area contributed by atoms with Crippen LogP contribution in [0.1, 0.15) is 24.4 Å². The SMILES string of the molecule is O=c1c(Cl)c(N2CCC(n3ccnn3)CC2)cnn1-c1ccc(C(F)(F)F)cn1. The maximum atomic E-state index is 12.7. The summed E-state index contributed by atoms with van der Waals surface area (Å²) in [5.74, 6) is -0.0404. The van der Waals surface area contributed by atoms with E-state index < -0.39 is 17.3 Å². The summed E-state index contributed by atoms with van der Waals surface area (Å²) in [4.78, 5) is 18.3. The third-order valence-electron chi connectivity index (χ3n) is 4.81. The fourth-order valence-corrected chi connectivity index (χ4v) is 3.52. The molecule has 0 spiro atoms. The van der Waals surface area contributed by atoms with Crippen LogP contribution in [0.4, 0.5) is 18.9 Å². The van der Waals surface area contributed by atoms with Crippen LogP contribution in [0.15, 0.2) is 41.7 Å². The van der Waals surface area contributed by atoms with Crippen molar-refractivity contribution in [2.75, 3.05) is 18.0 Å². The maximum absolute atomic E-state index is 12.7. The van der Waals surface area contributed by atoms with Gasteiger partial charge in [-0.1, -0.05) is 16.8 Å². The van der Waals surface area contributed by atoms with Gasteiger partial charge in [0.2, 0.25) is 0 Å². The number of anilines is 1. The average Bonchev–Trinajstić information content (AvgIpc) is 3.25. The number of hydrogen-bond donors (Lipinski definition) is 0. The van der Waals surface area contributed by atoms with E-state index in [0.717, 1.165) is 29.7 Å². The summed E-state index contributed by atoms with van der Waals surface area (Å²) in [5.41, 5.74) is -1.07. The molecule has 1 saturated heterocycles. The Morgan fingerprint density at radius 2 is 1.90 bits per heavy atom. The molecular formula is C17H15ClF3N7O. The van der Waals surface area contributed by atoms with Gasteiger partial charge in [0.1, 0.15) is 5.02 Å². The first kappa shape index (κ1) is 19.4. The highest BCUT2D eigenvalue weighted by Crippen LogP contribution is 2.30. The summed E-state index contributed by atoms with van der Waals surface area (Å²) in [6.07, 6.45) is 2.60. The van der Waals surface area contributed by atoms with Crippen LogP contribution in [-0.2, 0) is 6.18 Å². The van der Waals surface area contributed by atoms with Crippen molar-refractivity contribution in [3.63, 3.8) is 0 Å². The monoisotopic (exact) mass is 425 g/mol. The standard InChI is InChI=1S/C17H15ClF3N7O/c18-15-13(26-6-3-12(4-7-26)27-8-5-23-25-27)10-24-28(16(15)29)14-2-1-11(9-22-14)17(19,20)21/h1-2,5,8-10,12H,3-4,6-7H2. The molecule has 4 rings (SSSR count). The van der Waals surface area contributed by atoms with E-state index in [1.54, 1.807) is 6.20 Å². The highest BCUT2D eigenvalue weighted by atomic mass is 35.5. The Kier molecular flexibility index (Phi) is 4.99. The van der Waals surface area contributed by atoms with E-state index in [-0.39, 0.29) is 16.9 Å². The molecule has 1 aliphatic rings. The molecule has 12 heteroatoms. The summed E-state index contributed by atoms with van der Waals surface area (Å²) in [5, 5.41) is 11.8. The van der Waals surface area contributed by atoms with Crippen LogP contribution in [-0.4, -0.2) is 42.8 Å². The lowest BCUT2D eigenvalue weighted by Gasteiger charge is -2.33. The van der Waals surface area contributed by atoms with Crippen LogP contribution in [0.2, 0.25) is 5.02 Å². The number of aromatic nitrogens is 6. The second-order valence-electron chi connectivity index (χ2n) is 6.56. The largest absolute Gasteiger partial charge is 0.417 e. The lowest BCUT2D eigenvalue weighted by molar-refractivity contribution is -0.137. The van der Waals surface area contributed by atoms with Crippen LogP contribution < -0.4 is 10.5 Å². The summed E-state index contributed by atoms with van der Waals surface area (Å²) in [6, 6.07) is 2.14. The summed E-state index contributed by atoms with van der Waals surface area (Å²) in [6.45, 7) is 1.29. The van der Waals surface area contributed by atoms with E-state index in [4.69, 9.17) is 11.6 Å². The molecule has 3 aromatic rings. The number of piperidine rings is 1. The number of rotatable bonds is 3. The number of alkyl halides is 3. The van der Waals surface area contributed by atoms with E-state index in [2.05, 4.69) is 20.4 Å². The van der Waals surface area contributed by atoms with Gasteiger partial charge in [-0.25, -0.2) is 9.67 Å². The zero-order valence-corrected chi connectivity index (χ0v) is 15.7. The molecular weight excluding hydrogens is 411 g/mol. The highest BCUT2D eigenvalue weighted by molar-refractivity contribution is 6.33. The Labute approximate surface area is 167 Å². The van der Waals surface area contributed by atoms with Crippen LogP contribution in [0.25, 0.3) is 5.82 Å². The second kappa shape index (κ2) is 7.47. The van der Waals surface area contributed by atoms with Crippen molar-refractivity contribution >= 4 is 17.3 Å². The Bertz CT molecular complexity index is 1040. The van der Waals surface area contributed by atoms with Crippen molar-refractivity contribution in [3.8, 4) is 5.82 Å². The molecule has 1 fully saturated rings. The third-order valence-corrected chi connectivity index (χ3v) is 5.17. The molecule has 0 amide bonds. The first-order chi connectivity index (χ1) is 13.8. The van der Waals surface area contributed by atoms with Crippen LogP contribution in [0.5, 0.6) is 0 Å². The third kappa shape index (κ3) is 3.82. The van der Waals surface area contributed by atoms with Crippen molar-refractivity contribution < 1.29 is 13.2 Å². The van der Waals surface area contributed by atoms with E-state index in [1.807, 2.05) is 15.8 Å². The molecule has 4 heterocycles. The number of halogens is 4. The average molecular weight is 426 g/mol. The van der Waals surface area contributed by atoms with E-state index in [0.29, 0.717) is 25.0 Å². The molecule has 8 nitrogen and oxygen atoms in total. The summed E-state index contributed by atoms with van der Waals surface area (Å²) in [7, 11) is 0. The van der Waals surface area contributed by atoms with Crippen molar-refractivity contribution in [2.24, 2.45) is 0 Å². The molecule has 0 saturated carbocycles. The smallest absolute Gasteiger partial charge is 0.369 e. The quantitative estimate of drug-likeness (QED) is 0.641. The first-order valence-corrected chi connectivity index (χ1v) is 9.14. The number of pyridine rings is 1. The lowest BCUT2D eigenvalue weighted by Crippen LogP contribution is -2.36. The molecule has 0 N–H and O–H groups in total. The van der Waals surface area contributed by atoms with Gasteiger partial charge in [-0.3, -0.25) is 4.79 Å². The predicted octanol–water partition coefficient (Wildman–Crippen LogP) is 2.73. The Morgan fingerprint density at radius 1 is 1.14 bits per heavy atom. The Morgan fingerprint density at radius 3 is 2.48 bits per heavy atom. The van der Waals surface area contributed by atoms with Crippen LogP contribution in [0, 0.1) is 0 Å². The minimum Gasteiger partial charge on any atom is -0.369 e. The van der Waals surface area contributed by atoms with Crippen molar-refractivity contribution in [1.29, 1.82) is 0 Å². The maximum Gasteiger partial charge on any atom is 0.417 e. The minimum atomic E-state index is -4.51. The summed E-state index contributed by atoms with van der Waals surface area (Å²) >= 11 is 6.27. The zero-order chi connectivity index (χ0) is 20.6. The first-order valence-electron chi connectivity index (χ1n) is 8.77. The van der Waals surface area contributed by atoms with Gasteiger partial charge in [0, 0.05) is 25.5 Å². The van der Waals surface area contributed by atoms with E-state index in [1.165, 1.54) is 6.20 Å². The van der Waals surface area contributed by atoms with Gasteiger partial charge < -0.3 is 4.90 Å². The van der Waals surface area contributed by atoms with Gasteiger partial charge in [0.25, 0.3) is 5.56 Å². The van der Waals surface area contributed by atoms with Crippen molar-refractivity contribution in [1.82, 2.24) is 29.8 Å². The molecule has 0 radical (unpaired) electrons. The lowest BCUT2D eigenvalue weighted by atomic mass is 10.1. The molecule has 3 aromatic heterocycles. The number of nitrogens with zero attached hydrogens (tertiary/aromatic N) is 7. The van der Waals surface area contributed by atoms with E-state index in [9.17, 15) is 18.0 Å².